The molecule has 0 aliphatic rings. The summed E-state index contributed by atoms with van der Waals surface area (Å²) in [4.78, 5) is 22.9. The summed E-state index contributed by atoms with van der Waals surface area (Å²) in [6.07, 6.45) is 3.88. The van der Waals surface area contributed by atoms with E-state index < -0.39 is 17.9 Å². The van der Waals surface area contributed by atoms with Gasteiger partial charge in [0.25, 0.3) is 5.91 Å². The maximum absolute atomic E-state index is 11.9. The van der Waals surface area contributed by atoms with E-state index in [4.69, 9.17) is 5.11 Å². The molecule has 0 aliphatic heterocycles. The monoisotopic (exact) mass is 271 g/mol. The molecule has 6 nitrogen and oxygen atoms in total. The van der Waals surface area contributed by atoms with Gasteiger partial charge >= 0.3 is 5.97 Å². The average molecular weight is 271 g/mol. The Bertz CT molecular complexity index is 445. The third-order valence-corrected chi connectivity index (χ3v) is 3.12. The number of aliphatic carboxylic acids is 1. The van der Waals surface area contributed by atoms with Crippen LogP contribution in [-0.2, 0) is 11.8 Å². The van der Waals surface area contributed by atoms with Crippen molar-refractivity contribution in [2.24, 2.45) is 7.05 Å². The van der Waals surface area contributed by atoms with Crippen molar-refractivity contribution in [3.05, 3.63) is 17.5 Å². The molecule has 1 heterocycles. The molecule has 1 atom stereocenters. The van der Waals surface area contributed by atoms with Crippen molar-refractivity contribution in [1.82, 2.24) is 15.1 Å². The predicted molar refractivity (Wildman–Crippen MR) is 69.8 cm³/mol. The second-order valence-corrected chi connectivity index (χ2v) is 4.93. The van der Waals surface area contributed by atoms with Crippen LogP contribution >= 0.6 is 11.8 Å². The van der Waals surface area contributed by atoms with Crippen molar-refractivity contribution in [3.63, 3.8) is 0 Å². The smallest absolute Gasteiger partial charge is 0.326 e. The van der Waals surface area contributed by atoms with Gasteiger partial charge in [0.1, 0.15) is 6.04 Å². The van der Waals surface area contributed by atoms with Crippen molar-refractivity contribution in [2.75, 3.05) is 12.0 Å². The number of nitrogens with one attached hydrogen (secondary N) is 1. The third kappa shape index (κ3) is 3.76. The largest absolute Gasteiger partial charge is 0.480 e. The maximum Gasteiger partial charge on any atom is 0.326 e. The van der Waals surface area contributed by atoms with Crippen LogP contribution in [-0.4, -0.2) is 44.8 Å². The predicted octanol–water partition coefficient (Wildman–Crippen LogP) is 0.665. The molecule has 2 N–H and O–H groups in total. The zero-order valence-electron chi connectivity index (χ0n) is 10.6. The van der Waals surface area contributed by atoms with Gasteiger partial charge in [0, 0.05) is 13.2 Å². The van der Waals surface area contributed by atoms with Crippen LogP contribution in [0.15, 0.2) is 6.20 Å². The molecule has 0 aromatic carbocycles. The quantitative estimate of drug-likeness (QED) is 0.794. The second-order valence-electron chi connectivity index (χ2n) is 3.95. The highest BCUT2D eigenvalue weighted by Gasteiger charge is 2.22. The van der Waals surface area contributed by atoms with Gasteiger partial charge in [-0.2, -0.15) is 16.9 Å². The number of rotatable bonds is 6. The number of amides is 1. The lowest BCUT2D eigenvalue weighted by molar-refractivity contribution is -0.139. The van der Waals surface area contributed by atoms with E-state index in [9.17, 15) is 9.59 Å². The third-order valence-electron chi connectivity index (χ3n) is 2.47. The second kappa shape index (κ2) is 6.44. The summed E-state index contributed by atoms with van der Waals surface area (Å²) in [6, 6.07) is -0.857. The van der Waals surface area contributed by atoms with E-state index >= 15 is 0 Å². The minimum absolute atomic E-state index is 0.394. The van der Waals surface area contributed by atoms with E-state index in [1.807, 2.05) is 6.26 Å². The van der Waals surface area contributed by atoms with Gasteiger partial charge in [-0.3, -0.25) is 9.48 Å². The number of nitrogens with zero attached hydrogens (tertiary/aromatic N) is 2. The van der Waals surface area contributed by atoms with E-state index in [1.54, 1.807) is 31.9 Å². The topological polar surface area (TPSA) is 84.2 Å². The van der Waals surface area contributed by atoms with E-state index in [0.717, 1.165) is 0 Å². The summed E-state index contributed by atoms with van der Waals surface area (Å²) in [5.41, 5.74) is 0.997. The SMILES string of the molecule is CSCC[C@@H](NC(=O)c1cn(C)nc1C)C(=O)O. The van der Waals surface area contributed by atoms with Gasteiger partial charge < -0.3 is 10.4 Å². The van der Waals surface area contributed by atoms with Crippen LogP contribution in [0.3, 0.4) is 0 Å². The molecule has 1 rings (SSSR count). The molecular formula is C11H17N3O3S. The number of thioether (sulfide) groups is 1. The molecule has 18 heavy (non-hydrogen) atoms. The van der Waals surface area contributed by atoms with E-state index in [1.165, 1.54) is 4.68 Å². The van der Waals surface area contributed by atoms with Crippen molar-refractivity contribution in [1.29, 1.82) is 0 Å². The molecule has 0 bridgehead atoms. The van der Waals surface area contributed by atoms with Crippen LogP contribution in [0, 0.1) is 6.92 Å². The molecule has 0 aliphatic carbocycles. The average Bonchev–Trinajstić information content (AvgIpc) is 2.63. The van der Waals surface area contributed by atoms with Crippen molar-refractivity contribution < 1.29 is 14.7 Å². The fourth-order valence-electron chi connectivity index (χ4n) is 1.55. The van der Waals surface area contributed by atoms with Gasteiger partial charge in [-0.15, -0.1) is 0 Å². The Hall–Kier alpha value is -1.50. The van der Waals surface area contributed by atoms with E-state index in [2.05, 4.69) is 10.4 Å². The maximum atomic E-state index is 11.9. The minimum atomic E-state index is -1.01. The summed E-state index contributed by atoms with van der Waals surface area (Å²) < 4.78 is 1.53. The minimum Gasteiger partial charge on any atom is -0.480 e. The molecular weight excluding hydrogens is 254 g/mol. The molecule has 1 aromatic rings. The van der Waals surface area contributed by atoms with Gasteiger partial charge in [-0.05, 0) is 25.4 Å². The number of hydrogen-bond acceptors (Lipinski definition) is 4. The summed E-state index contributed by atoms with van der Waals surface area (Å²) in [5.74, 6) is -0.725. The Balaban J connectivity index is 2.72. The lowest BCUT2D eigenvalue weighted by Gasteiger charge is -2.13. The number of carbonyl (C=O) groups excluding carboxylic acids is 1. The highest BCUT2D eigenvalue weighted by Crippen LogP contribution is 2.07. The first-order chi connectivity index (χ1) is 8.45. The molecule has 1 aromatic heterocycles. The Morgan fingerprint density at radius 3 is 2.72 bits per heavy atom. The number of aromatic nitrogens is 2. The standard InChI is InChI=1S/C11H17N3O3S/c1-7-8(6-14(2)13-7)10(15)12-9(11(16)17)4-5-18-3/h6,9H,4-5H2,1-3H3,(H,12,15)(H,16,17)/t9-/m1/s1. The Morgan fingerprint density at radius 2 is 2.28 bits per heavy atom. The summed E-state index contributed by atoms with van der Waals surface area (Å²) in [7, 11) is 1.71. The number of hydrogen-bond donors (Lipinski definition) is 2. The number of carboxylic acids is 1. The van der Waals surface area contributed by atoms with E-state index in [-0.39, 0.29) is 0 Å². The molecule has 0 fully saturated rings. The first-order valence-corrected chi connectivity index (χ1v) is 6.88. The van der Waals surface area contributed by atoms with Gasteiger partial charge in [0.2, 0.25) is 0 Å². The number of aryl methyl sites for hydroxylation is 2. The Kier molecular flexibility index (Phi) is 5.21. The summed E-state index contributed by atoms with van der Waals surface area (Å²) in [5, 5.41) is 15.6. The van der Waals surface area contributed by atoms with Crippen LogP contribution in [0.1, 0.15) is 22.5 Å². The number of carboxylic acid groups (broad SMARTS) is 1. The fourth-order valence-corrected chi connectivity index (χ4v) is 2.02. The van der Waals surface area contributed by atoms with Crippen LogP contribution in [0.5, 0.6) is 0 Å². The Labute approximate surface area is 110 Å². The fraction of sp³-hybridized carbons (Fsp3) is 0.545. The van der Waals surface area contributed by atoms with Crippen molar-refractivity contribution >= 4 is 23.6 Å². The summed E-state index contributed by atoms with van der Waals surface area (Å²) >= 11 is 1.55. The van der Waals surface area contributed by atoms with Crippen LogP contribution in [0.25, 0.3) is 0 Å². The lowest BCUT2D eigenvalue weighted by atomic mass is 10.2. The van der Waals surface area contributed by atoms with Crippen LogP contribution < -0.4 is 5.32 Å². The van der Waals surface area contributed by atoms with Gasteiger partial charge in [0.05, 0.1) is 11.3 Å². The van der Waals surface area contributed by atoms with Gasteiger partial charge in [0.15, 0.2) is 0 Å². The molecule has 0 unspecified atom stereocenters. The zero-order chi connectivity index (χ0) is 13.7. The highest BCUT2D eigenvalue weighted by molar-refractivity contribution is 7.98. The number of carbonyl (C=O) groups is 2. The highest BCUT2D eigenvalue weighted by atomic mass is 32.2. The first kappa shape index (κ1) is 14.6. The normalized spacial score (nSPS) is 12.2. The lowest BCUT2D eigenvalue weighted by Crippen LogP contribution is -2.41. The Morgan fingerprint density at radius 1 is 1.61 bits per heavy atom. The van der Waals surface area contributed by atoms with E-state index in [0.29, 0.717) is 23.4 Å². The molecule has 0 saturated heterocycles. The molecule has 1 amide bonds. The van der Waals surface area contributed by atoms with Gasteiger partial charge in [-0.1, -0.05) is 0 Å². The first-order valence-electron chi connectivity index (χ1n) is 5.48. The summed E-state index contributed by atoms with van der Waals surface area (Å²) in [6.45, 7) is 1.71. The van der Waals surface area contributed by atoms with Gasteiger partial charge in [-0.25, -0.2) is 4.79 Å². The zero-order valence-corrected chi connectivity index (χ0v) is 11.5. The molecule has 0 saturated carbocycles. The van der Waals surface area contributed by atoms with Crippen LogP contribution in [0.4, 0.5) is 0 Å². The van der Waals surface area contributed by atoms with Crippen molar-refractivity contribution in [3.8, 4) is 0 Å². The van der Waals surface area contributed by atoms with Crippen LogP contribution in [0.2, 0.25) is 0 Å². The molecule has 0 radical (unpaired) electrons. The van der Waals surface area contributed by atoms with Crippen molar-refractivity contribution in [2.45, 2.75) is 19.4 Å². The molecule has 0 spiro atoms. The molecule has 100 valence electrons. The molecule has 7 heteroatoms.